The molecule has 31 heavy (non-hydrogen) atoms. The van der Waals surface area contributed by atoms with Gasteiger partial charge in [0.05, 0.1) is 11.3 Å². The molecule has 3 aliphatic carbocycles. The van der Waals surface area contributed by atoms with Crippen molar-refractivity contribution in [2.75, 3.05) is 5.32 Å². The van der Waals surface area contributed by atoms with E-state index in [-0.39, 0.29) is 34.6 Å². The molecule has 5 nitrogen and oxygen atoms in total. The molecule has 162 valence electrons. The van der Waals surface area contributed by atoms with Gasteiger partial charge in [0.25, 0.3) is 0 Å². The van der Waals surface area contributed by atoms with Crippen LogP contribution in [0.4, 0.5) is 5.69 Å². The Bertz CT molecular complexity index is 995. The number of anilines is 1. The number of rotatable bonds is 2. The summed E-state index contributed by atoms with van der Waals surface area (Å²) in [6.07, 6.45) is 10.2. The van der Waals surface area contributed by atoms with E-state index in [1.165, 1.54) is 0 Å². The summed E-state index contributed by atoms with van der Waals surface area (Å²) in [6, 6.07) is 9.65. The second kappa shape index (κ2) is 7.22. The van der Waals surface area contributed by atoms with Gasteiger partial charge in [-0.05, 0) is 79.9 Å². The van der Waals surface area contributed by atoms with Gasteiger partial charge in [-0.2, -0.15) is 5.26 Å². The Balaban J connectivity index is 1.38. The highest BCUT2D eigenvalue weighted by Gasteiger charge is 2.60. The SMILES string of the molecule is C[C@]12C=CC(=O)NC1CC[C@@H]1[C@H]2CC[C@]2(C)C(C(=O)Nc3ccccc3C#N)CC[C@@H]12. The van der Waals surface area contributed by atoms with E-state index in [2.05, 4.69) is 36.6 Å². The predicted octanol–water partition coefficient (Wildman–Crippen LogP) is 4.41. The van der Waals surface area contributed by atoms with Crippen molar-refractivity contribution >= 4 is 17.5 Å². The highest BCUT2D eigenvalue weighted by molar-refractivity contribution is 5.94. The van der Waals surface area contributed by atoms with E-state index in [4.69, 9.17) is 0 Å². The minimum absolute atomic E-state index is 0.00232. The number of nitriles is 1. The van der Waals surface area contributed by atoms with Crippen LogP contribution < -0.4 is 10.6 Å². The molecule has 5 rings (SSSR count). The van der Waals surface area contributed by atoms with Gasteiger partial charge in [0.1, 0.15) is 6.07 Å². The molecule has 2 unspecified atom stereocenters. The maximum Gasteiger partial charge on any atom is 0.243 e. The molecule has 1 aromatic carbocycles. The third-order valence-electron chi connectivity index (χ3n) is 9.31. The number of benzene rings is 1. The van der Waals surface area contributed by atoms with Gasteiger partial charge >= 0.3 is 0 Å². The second-order valence-electron chi connectivity index (χ2n) is 10.5. The smallest absolute Gasteiger partial charge is 0.243 e. The van der Waals surface area contributed by atoms with Crippen molar-refractivity contribution in [2.24, 2.45) is 34.5 Å². The Morgan fingerprint density at radius 1 is 1.13 bits per heavy atom. The zero-order valence-electron chi connectivity index (χ0n) is 18.4. The fourth-order valence-electron chi connectivity index (χ4n) is 7.67. The Hall–Kier alpha value is -2.61. The molecule has 1 heterocycles. The first-order valence-corrected chi connectivity index (χ1v) is 11.7. The highest BCUT2D eigenvalue weighted by Crippen LogP contribution is 2.65. The zero-order valence-corrected chi connectivity index (χ0v) is 18.4. The number of nitrogens with one attached hydrogen (secondary N) is 2. The number of amides is 2. The molecule has 3 saturated carbocycles. The standard InChI is InChI=1S/C26H31N3O2/c1-25-13-11-19-17(7-10-22-26(19,2)14-12-23(30)29-22)18(25)8-9-20(25)24(31)28-21-6-4-3-5-16(21)15-27/h3-6,12,14,17-20,22H,7-11,13H2,1-2H3,(H,28,31)(H,29,30)/t17-,18-,19+,20?,22?,25-,26+/m0/s1. The van der Waals surface area contributed by atoms with Gasteiger partial charge in [0.15, 0.2) is 0 Å². The van der Waals surface area contributed by atoms with Gasteiger partial charge in [0, 0.05) is 17.4 Å². The van der Waals surface area contributed by atoms with Crippen molar-refractivity contribution in [2.45, 2.75) is 58.4 Å². The van der Waals surface area contributed by atoms with Crippen LogP contribution in [0.5, 0.6) is 0 Å². The lowest BCUT2D eigenvalue weighted by atomic mass is 9.48. The molecule has 1 aromatic rings. The van der Waals surface area contributed by atoms with Crippen molar-refractivity contribution in [3.8, 4) is 6.07 Å². The van der Waals surface area contributed by atoms with E-state index >= 15 is 0 Å². The molecule has 7 atom stereocenters. The van der Waals surface area contributed by atoms with Gasteiger partial charge in [-0.1, -0.05) is 32.1 Å². The number of hydrogen-bond acceptors (Lipinski definition) is 3. The quantitative estimate of drug-likeness (QED) is 0.748. The van der Waals surface area contributed by atoms with Crippen LogP contribution in [0.1, 0.15) is 57.9 Å². The molecular formula is C26H31N3O2. The highest BCUT2D eigenvalue weighted by atomic mass is 16.2. The van der Waals surface area contributed by atoms with E-state index in [1.54, 1.807) is 12.1 Å². The molecule has 0 saturated heterocycles. The lowest BCUT2D eigenvalue weighted by Gasteiger charge is -2.58. The minimum atomic E-state index is -0.0164. The zero-order chi connectivity index (χ0) is 21.8. The average molecular weight is 418 g/mol. The number of hydrogen-bond donors (Lipinski definition) is 2. The molecule has 2 amide bonds. The third-order valence-corrected chi connectivity index (χ3v) is 9.31. The number of fused-ring (bicyclic) bond motifs is 5. The number of para-hydroxylation sites is 1. The Morgan fingerprint density at radius 3 is 2.74 bits per heavy atom. The summed E-state index contributed by atoms with van der Waals surface area (Å²) < 4.78 is 0. The van der Waals surface area contributed by atoms with Crippen molar-refractivity contribution in [3.05, 3.63) is 42.0 Å². The first-order valence-electron chi connectivity index (χ1n) is 11.7. The number of carbonyl (C=O) groups is 2. The lowest BCUT2D eigenvalue weighted by Crippen LogP contribution is -2.59. The normalized spacial score (nSPS) is 40.7. The molecule has 4 aliphatic rings. The molecule has 0 radical (unpaired) electrons. The van der Waals surface area contributed by atoms with Crippen molar-refractivity contribution < 1.29 is 9.59 Å². The van der Waals surface area contributed by atoms with Crippen LogP contribution in [0.2, 0.25) is 0 Å². The molecule has 0 spiro atoms. The van der Waals surface area contributed by atoms with Crippen molar-refractivity contribution in [3.63, 3.8) is 0 Å². The van der Waals surface area contributed by atoms with Crippen molar-refractivity contribution in [1.82, 2.24) is 5.32 Å². The summed E-state index contributed by atoms with van der Waals surface area (Å²) >= 11 is 0. The van der Waals surface area contributed by atoms with Gasteiger partial charge in [-0.25, -0.2) is 0 Å². The van der Waals surface area contributed by atoms with Gasteiger partial charge in [0.2, 0.25) is 11.8 Å². The topological polar surface area (TPSA) is 82.0 Å². The Labute approximate surface area is 184 Å². The van der Waals surface area contributed by atoms with Crippen LogP contribution >= 0.6 is 0 Å². The average Bonchev–Trinajstić information content (AvgIpc) is 3.12. The Kier molecular flexibility index (Phi) is 4.73. The lowest BCUT2D eigenvalue weighted by molar-refractivity contribution is -0.129. The van der Waals surface area contributed by atoms with E-state index in [1.807, 2.05) is 18.2 Å². The van der Waals surface area contributed by atoms with E-state index in [0.29, 0.717) is 29.0 Å². The van der Waals surface area contributed by atoms with E-state index in [9.17, 15) is 14.9 Å². The Morgan fingerprint density at radius 2 is 1.94 bits per heavy atom. The fourth-order valence-corrected chi connectivity index (χ4v) is 7.67. The summed E-state index contributed by atoms with van der Waals surface area (Å²) in [7, 11) is 0. The van der Waals surface area contributed by atoms with Gasteiger partial charge in [-0.3, -0.25) is 9.59 Å². The first-order chi connectivity index (χ1) is 14.9. The molecular weight excluding hydrogens is 386 g/mol. The number of carbonyl (C=O) groups excluding carboxylic acids is 2. The van der Waals surface area contributed by atoms with Gasteiger partial charge < -0.3 is 10.6 Å². The summed E-state index contributed by atoms with van der Waals surface area (Å²) in [6.45, 7) is 4.65. The third kappa shape index (κ3) is 3.03. The summed E-state index contributed by atoms with van der Waals surface area (Å²) in [5.74, 6) is 1.79. The first kappa shape index (κ1) is 20.3. The second-order valence-corrected chi connectivity index (χ2v) is 10.5. The molecule has 3 fully saturated rings. The van der Waals surface area contributed by atoms with Crippen molar-refractivity contribution in [1.29, 1.82) is 5.26 Å². The van der Waals surface area contributed by atoms with Crippen LogP contribution in [0.15, 0.2) is 36.4 Å². The van der Waals surface area contributed by atoms with Crippen LogP contribution in [0, 0.1) is 45.8 Å². The van der Waals surface area contributed by atoms with Gasteiger partial charge in [-0.15, -0.1) is 0 Å². The monoisotopic (exact) mass is 417 g/mol. The van der Waals surface area contributed by atoms with Crippen LogP contribution in [-0.4, -0.2) is 17.9 Å². The summed E-state index contributed by atoms with van der Waals surface area (Å²) in [5.41, 5.74) is 1.14. The van der Waals surface area contributed by atoms with E-state index in [0.717, 1.165) is 38.5 Å². The summed E-state index contributed by atoms with van der Waals surface area (Å²) in [4.78, 5) is 25.3. The molecule has 0 bridgehead atoms. The van der Waals surface area contributed by atoms with E-state index < -0.39 is 0 Å². The molecule has 2 N–H and O–H groups in total. The maximum atomic E-state index is 13.4. The van der Waals surface area contributed by atoms with Crippen LogP contribution in [0.25, 0.3) is 0 Å². The maximum absolute atomic E-state index is 13.4. The van der Waals surface area contributed by atoms with Crippen LogP contribution in [-0.2, 0) is 9.59 Å². The molecule has 5 heteroatoms. The fraction of sp³-hybridized carbons (Fsp3) is 0.577. The number of nitrogens with zero attached hydrogens (tertiary/aromatic N) is 1. The minimum Gasteiger partial charge on any atom is -0.349 e. The molecule has 1 aliphatic heterocycles. The predicted molar refractivity (Wildman–Crippen MR) is 119 cm³/mol. The largest absolute Gasteiger partial charge is 0.349 e. The van der Waals surface area contributed by atoms with Crippen LogP contribution in [0.3, 0.4) is 0 Å². The molecule has 0 aromatic heterocycles. The summed E-state index contributed by atoms with van der Waals surface area (Å²) in [5, 5.41) is 15.6.